The molecule has 4 rings (SSSR count). The Morgan fingerprint density at radius 1 is 1.08 bits per heavy atom. The van der Waals surface area contributed by atoms with Crippen molar-refractivity contribution in [2.75, 3.05) is 0 Å². The smallest absolute Gasteiger partial charge is 0.336 e. The van der Waals surface area contributed by atoms with Gasteiger partial charge in [-0.1, -0.05) is 23.7 Å². The van der Waals surface area contributed by atoms with Crippen LogP contribution in [0.5, 0.6) is 5.75 Å². The lowest BCUT2D eigenvalue weighted by atomic mass is 10.2. The summed E-state index contributed by atoms with van der Waals surface area (Å²) in [6, 6.07) is 16.1. The molecule has 0 bridgehead atoms. The summed E-state index contributed by atoms with van der Waals surface area (Å²) in [6.07, 6.45) is 0. The average Bonchev–Trinajstić information content (AvgIpc) is 3.09. The number of ether oxygens (including phenoxy) is 1. The molecule has 0 aliphatic rings. The van der Waals surface area contributed by atoms with E-state index in [-0.39, 0.29) is 5.63 Å². The van der Waals surface area contributed by atoms with E-state index in [2.05, 4.69) is 4.98 Å². The summed E-state index contributed by atoms with van der Waals surface area (Å²) in [5.74, 6) is 0.628. The van der Waals surface area contributed by atoms with E-state index >= 15 is 0 Å². The van der Waals surface area contributed by atoms with Gasteiger partial charge in [0.2, 0.25) is 0 Å². The molecule has 0 saturated carbocycles. The highest BCUT2D eigenvalue weighted by molar-refractivity contribution is 7.13. The SMILES string of the molecule is O=c1ccc2ccc(OCc3csc(-c4ccc(Cl)cc4)n3)cc2o1. The van der Waals surface area contributed by atoms with Gasteiger partial charge >= 0.3 is 5.63 Å². The zero-order valence-electron chi connectivity index (χ0n) is 12.9. The van der Waals surface area contributed by atoms with Crippen molar-refractivity contribution in [2.24, 2.45) is 0 Å². The van der Waals surface area contributed by atoms with Crippen LogP contribution >= 0.6 is 22.9 Å². The van der Waals surface area contributed by atoms with Gasteiger partial charge in [0.05, 0.1) is 5.69 Å². The molecule has 2 aromatic carbocycles. The Hall–Kier alpha value is -2.63. The van der Waals surface area contributed by atoms with E-state index in [4.69, 9.17) is 20.8 Å². The van der Waals surface area contributed by atoms with E-state index in [1.807, 2.05) is 41.8 Å². The molecule has 0 unspecified atom stereocenters. The molecule has 4 aromatic rings. The number of thiazole rings is 1. The number of rotatable bonds is 4. The molecule has 25 heavy (non-hydrogen) atoms. The fourth-order valence-corrected chi connectivity index (χ4v) is 3.32. The highest BCUT2D eigenvalue weighted by atomic mass is 35.5. The summed E-state index contributed by atoms with van der Waals surface area (Å²) < 4.78 is 10.9. The first-order chi connectivity index (χ1) is 12.2. The number of fused-ring (bicyclic) bond motifs is 1. The van der Waals surface area contributed by atoms with Crippen LogP contribution in [0.25, 0.3) is 21.5 Å². The maximum atomic E-state index is 11.3. The molecule has 0 fully saturated rings. The molecule has 2 aromatic heterocycles. The maximum absolute atomic E-state index is 11.3. The Bertz CT molecular complexity index is 1090. The van der Waals surface area contributed by atoms with E-state index in [0.717, 1.165) is 21.7 Å². The second-order valence-corrected chi connectivity index (χ2v) is 6.69. The molecule has 4 nitrogen and oxygen atoms in total. The lowest BCUT2D eigenvalue weighted by Crippen LogP contribution is -1.97. The number of halogens is 1. The van der Waals surface area contributed by atoms with Crippen LogP contribution in [-0.4, -0.2) is 4.98 Å². The summed E-state index contributed by atoms with van der Waals surface area (Å²) in [7, 11) is 0. The van der Waals surface area contributed by atoms with Crippen LogP contribution in [0, 0.1) is 0 Å². The molecule has 0 N–H and O–H groups in total. The molecule has 0 aliphatic heterocycles. The summed E-state index contributed by atoms with van der Waals surface area (Å²) in [5, 5.41) is 4.43. The molecule has 0 spiro atoms. The maximum Gasteiger partial charge on any atom is 0.336 e. The van der Waals surface area contributed by atoms with Crippen molar-refractivity contribution < 1.29 is 9.15 Å². The van der Waals surface area contributed by atoms with Gasteiger partial charge in [0.25, 0.3) is 0 Å². The van der Waals surface area contributed by atoms with E-state index in [9.17, 15) is 4.79 Å². The molecule has 0 atom stereocenters. The fourth-order valence-electron chi connectivity index (χ4n) is 2.39. The number of aromatic nitrogens is 1. The van der Waals surface area contributed by atoms with Crippen molar-refractivity contribution in [1.29, 1.82) is 0 Å². The number of benzene rings is 2. The average molecular weight is 370 g/mol. The second kappa shape index (κ2) is 6.70. The van der Waals surface area contributed by atoms with Gasteiger partial charge in [-0.3, -0.25) is 0 Å². The number of hydrogen-bond donors (Lipinski definition) is 0. The largest absolute Gasteiger partial charge is 0.487 e. The van der Waals surface area contributed by atoms with Crippen molar-refractivity contribution >= 4 is 33.9 Å². The molecule has 0 aliphatic carbocycles. The van der Waals surface area contributed by atoms with Gasteiger partial charge < -0.3 is 9.15 Å². The molecule has 0 amide bonds. The minimum absolute atomic E-state index is 0.340. The Balaban J connectivity index is 1.50. The van der Waals surface area contributed by atoms with Gasteiger partial charge in [-0.2, -0.15) is 0 Å². The van der Waals surface area contributed by atoms with Crippen molar-refractivity contribution in [1.82, 2.24) is 4.98 Å². The van der Waals surface area contributed by atoms with Gasteiger partial charge in [-0.25, -0.2) is 9.78 Å². The zero-order chi connectivity index (χ0) is 17.2. The Kier molecular flexibility index (Phi) is 4.26. The van der Waals surface area contributed by atoms with Crippen LogP contribution in [0.15, 0.2) is 69.2 Å². The van der Waals surface area contributed by atoms with Crippen LogP contribution in [0.2, 0.25) is 5.02 Å². The zero-order valence-corrected chi connectivity index (χ0v) is 14.5. The first-order valence-corrected chi connectivity index (χ1v) is 8.80. The van der Waals surface area contributed by atoms with Crippen molar-refractivity contribution in [3.63, 3.8) is 0 Å². The monoisotopic (exact) mass is 369 g/mol. The minimum atomic E-state index is -0.378. The van der Waals surface area contributed by atoms with Crippen LogP contribution in [0.4, 0.5) is 0 Å². The van der Waals surface area contributed by atoms with E-state index in [1.54, 1.807) is 23.5 Å². The van der Waals surface area contributed by atoms with E-state index in [1.165, 1.54) is 6.07 Å². The third-order valence-corrected chi connectivity index (χ3v) is 4.82. The highest BCUT2D eigenvalue weighted by Crippen LogP contribution is 2.26. The highest BCUT2D eigenvalue weighted by Gasteiger charge is 2.06. The second-order valence-electron chi connectivity index (χ2n) is 5.39. The van der Waals surface area contributed by atoms with E-state index in [0.29, 0.717) is 23.0 Å². The molecule has 0 radical (unpaired) electrons. The van der Waals surface area contributed by atoms with E-state index < -0.39 is 0 Å². The fraction of sp³-hybridized carbons (Fsp3) is 0.0526. The summed E-state index contributed by atoms with van der Waals surface area (Å²) >= 11 is 7.46. The van der Waals surface area contributed by atoms with Crippen molar-refractivity contribution in [2.45, 2.75) is 6.61 Å². The quantitative estimate of drug-likeness (QED) is 0.467. The Morgan fingerprint density at radius 2 is 1.88 bits per heavy atom. The molecule has 2 heterocycles. The van der Waals surface area contributed by atoms with Crippen LogP contribution in [-0.2, 0) is 6.61 Å². The van der Waals surface area contributed by atoms with Crippen LogP contribution in [0.1, 0.15) is 5.69 Å². The lowest BCUT2D eigenvalue weighted by Gasteiger charge is -2.05. The molecule has 124 valence electrons. The molecule has 0 saturated heterocycles. The third kappa shape index (κ3) is 3.57. The molecular weight excluding hydrogens is 358 g/mol. The summed E-state index contributed by atoms with van der Waals surface area (Å²) in [6.45, 7) is 0.340. The Morgan fingerprint density at radius 3 is 2.72 bits per heavy atom. The van der Waals surface area contributed by atoms with Gasteiger partial charge in [0.15, 0.2) is 0 Å². The van der Waals surface area contributed by atoms with Gasteiger partial charge in [-0.05, 0) is 30.3 Å². The van der Waals surface area contributed by atoms with Gasteiger partial charge in [0.1, 0.15) is 22.9 Å². The first-order valence-electron chi connectivity index (χ1n) is 7.54. The van der Waals surface area contributed by atoms with Gasteiger partial charge in [0, 0.05) is 33.5 Å². The van der Waals surface area contributed by atoms with Crippen LogP contribution in [0.3, 0.4) is 0 Å². The third-order valence-electron chi connectivity index (χ3n) is 3.62. The van der Waals surface area contributed by atoms with Crippen LogP contribution < -0.4 is 10.4 Å². The predicted molar refractivity (Wildman–Crippen MR) is 99.4 cm³/mol. The van der Waals surface area contributed by atoms with Gasteiger partial charge in [-0.15, -0.1) is 11.3 Å². The molecular formula is C19H12ClNO3S. The number of nitrogens with zero attached hydrogens (tertiary/aromatic N) is 1. The Labute approximate surface area is 152 Å². The predicted octanol–water partition coefficient (Wildman–Crippen LogP) is 5.15. The molecule has 6 heteroatoms. The summed E-state index contributed by atoms with van der Waals surface area (Å²) in [5.41, 5.74) is 1.99. The normalized spacial score (nSPS) is 10.9. The summed E-state index contributed by atoms with van der Waals surface area (Å²) in [4.78, 5) is 15.9. The lowest BCUT2D eigenvalue weighted by molar-refractivity contribution is 0.302. The topological polar surface area (TPSA) is 52.3 Å². The van der Waals surface area contributed by atoms with Crippen molar-refractivity contribution in [3.05, 3.63) is 81.1 Å². The number of hydrogen-bond acceptors (Lipinski definition) is 5. The minimum Gasteiger partial charge on any atom is -0.487 e. The van der Waals surface area contributed by atoms with Crippen molar-refractivity contribution in [3.8, 4) is 16.3 Å². The standard InChI is InChI=1S/C19H12ClNO3S/c20-14-5-1-13(2-6-14)19-21-15(11-25-19)10-23-16-7-3-12-4-8-18(22)24-17(12)9-16/h1-9,11H,10H2. The first kappa shape index (κ1) is 15.9.